The second-order valence-corrected chi connectivity index (χ2v) is 8.42. The van der Waals surface area contributed by atoms with Gasteiger partial charge >= 0.3 is 0 Å². The molecule has 0 saturated carbocycles. The average Bonchev–Trinajstić information content (AvgIpc) is 3.54. The summed E-state index contributed by atoms with van der Waals surface area (Å²) in [6.45, 7) is 2.30. The Bertz CT molecular complexity index is 1160. The van der Waals surface area contributed by atoms with E-state index in [1.807, 2.05) is 60.7 Å². The van der Waals surface area contributed by atoms with Crippen LogP contribution in [0, 0.1) is 0 Å². The van der Waals surface area contributed by atoms with Crippen molar-refractivity contribution in [3.63, 3.8) is 0 Å². The van der Waals surface area contributed by atoms with Crippen LogP contribution in [0.15, 0.2) is 94.9 Å². The summed E-state index contributed by atoms with van der Waals surface area (Å²) in [5, 5.41) is 0. The van der Waals surface area contributed by atoms with Crippen LogP contribution in [-0.2, 0) is 12.8 Å². The van der Waals surface area contributed by atoms with Crippen molar-refractivity contribution in [2.75, 3.05) is 26.2 Å². The third-order valence-electron chi connectivity index (χ3n) is 6.12. The summed E-state index contributed by atoms with van der Waals surface area (Å²) in [6, 6.07) is 27.0. The van der Waals surface area contributed by atoms with Crippen LogP contribution in [0.5, 0.6) is 0 Å². The van der Waals surface area contributed by atoms with Crippen molar-refractivity contribution < 1.29 is 9.59 Å². The lowest BCUT2D eigenvalue weighted by molar-refractivity contribution is 0.0856. The van der Waals surface area contributed by atoms with Crippen LogP contribution in [-0.4, -0.2) is 59.5 Å². The first-order chi connectivity index (χ1) is 16.7. The standard InChI is InChI=1S/C28H26N4O2/c33-27(31-16-14-29-25(31)18-21-8-3-1-4-9-21)23-12-7-13-24(20-23)28(34)32-17-15-30-26(32)19-22-10-5-2-6-11-22/h1-13,20H,14-19H2. The molecule has 0 saturated heterocycles. The van der Waals surface area contributed by atoms with E-state index in [0.29, 0.717) is 50.1 Å². The highest BCUT2D eigenvalue weighted by Gasteiger charge is 2.28. The van der Waals surface area contributed by atoms with Crippen molar-refractivity contribution >= 4 is 23.5 Å². The lowest BCUT2D eigenvalue weighted by Gasteiger charge is -2.21. The molecule has 0 fully saturated rings. The van der Waals surface area contributed by atoms with Gasteiger partial charge in [-0.25, -0.2) is 0 Å². The van der Waals surface area contributed by atoms with Gasteiger partial charge in [0.2, 0.25) is 0 Å². The number of rotatable bonds is 6. The summed E-state index contributed by atoms with van der Waals surface area (Å²) in [4.78, 5) is 39.3. The number of carbonyl (C=O) groups is 2. The molecule has 3 aromatic carbocycles. The molecule has 2 aliphatic rings. The summed E-state index contributed by atoms with van der Waals surface area (Å²) < 4.78 is 0. The normalized spacial score (nSPS) is 15.3. The lowest BCUT2D eigenvalue weighted by atomic mass is 10.1. The zero-order chi connectivity index (χ0) is 23.3. The van der Waals surface area contributed by atoms with Gasteiger partial charge in [-0.05, 0) is 29.3 Å². The first kappa shape index (κ1) is 21.8. The Morgan fingerprint density at radius 2 is 1.06 bits per heavy atom. The molecule has 0 aliphatic carbocycles. The number of carbonyl (C=O) groups excluding carboxylic acids is 2. The summed E-state index contributed by atoms with van der Waals surface area (Å²) in [5.74, 6) is 1.29. The summed E-state index contributed by atoms with van der Waals surface area (Å²) >= 11 is 0. The van der Waals surface area contributed by atoms with E-state index in [4.69, 9.17) is 0 Å². The Morgan fingerprint density at radius 1 is 0.618 bits per heavy atom. The maximum Gasteiger partial charge on any atom is 0.259 e. The molecule has 170 valence electrons. The van der Waals surface area contributed by atoms with Crippen molar-refractivity contribution in [1.29, 1.82) is 0 Å². The largest absolute Gasteiger partial charge is 0.294 e. The highest BCUT2D eigenvalue weighted by atomic mass is 16.2. The van der Waals surface area contributed by atoms with E-state index in [0.717, 1.165) is 22.8 Å². The maximum absolute atomic E-state index is 13.3. The number of amidine groups is 2. The van der Waals surface area contributed by atoms with Crippen molar-refractivity contribution in [2.24, 2.45) is 9.98 Å². The highest BCUT2D eigenvalue weighted by Crippen LogP contribution is 2.18. The van der Waals surface area contributed by atoms with Gasteiger partial charge in [0.15, 0.2) is 0 Å². The minimum Gasteiger partial charge on any atom is -0.294 e. The third kappa shape index (κ3) is 4.66. The molecule has 2 heterocycles. The van der Waals surface area contributed by atoms with Crippen LogP contribution in [0.3, 0.4) is 0 Å². The Labute approximate surface area is 199 Å². The van der Waals surface area contributed by atoms with Crippen LogP contribution in [0.2, 0.25) is 0 Å². The van der Waals surface area contributed by atoms with E-state index in [2.05, 4.69) is 9.98 Å². The van der Waals surface area contributed by atoms with Crippen molar-refractivity contribution in [2.45, 2.75) is 12.8 Å². The van der Waals surface area contributed by atoms with Crippen LogP contribution in [0.25, 0.3) is 0 Å². The molecule has 5 rings (SSSR count). The Morgan fingerprint density at radius 3 is 1.50 bits per heavy atom. The molecular formula is C28H26N4O2. The van der Waals surface area contributed by atoms with Gasteiger partial charge in [0.1, 0.15) is 11.7 Å². The molecule has 0 aromatic heterocycles. The fraction of sp³-hybridized carbons (Fsp3) is 0.214. The zero-order valence-electron chi connectivity index (χ0n) is 18.9. The van der Waals surface area contributed by atoms with E-state index in [9.17, 15) is 9.59 Å². The molecule has 0 bridgehead atoms. The molecule has 2 aliphatic heterocycles. The fourth-order valence-electron chi connectivity index (χ4n) is 4.38. The van der Waals surface area contributed by atoms with E-state index in [1.54, 1.807) is 34.1 Å². The number of nitrogens with zero attached hydrogens (tertiary/aromatic N) is 4. The number of amides is 2. The van der Waals surface area contributed by atoms with Crippen LogP contribution in [0.4, 0.5) is 0 Å². The van der Waals surface area contributed by atoms with Gasteiger partial charge in [-0.15, -0.1) is 0 Å². The number of hydrogen-bond acceptors (Lipinski definition) is 4. The molecule has 6 nitrogen and oxygen atoms in total. The quantitative estimate of drug-likeness (QED) is 0.572. The molecule has 6 heteroatoms. The zero-order valence-corrected chi connectivity index (χ0v) is 18.9. The van der Waals surface area contributed by atoms with Gasteiger partial charge in [0.25, 0.3) is 11.8 Å². The topological polar surface area (TPSA) is 65.3 Å². The molecule has 2 amide bonds. The van der Waals surface area contributed by atoms with E-state index in [1.165, 1.54) is 0 Å². The second-order valence-electron chi connectivity index (χ2n) is 8.42. The molecule has 0 unspecified atom stereocenters. The van der Waals surface area contributed by atoms with Crippen LogP contribution >= 0.6 is 0 Å². The first-order valence-electron chi connectivity index (χ1n) is 11.6. The SMILES string of the molecule is O=C(c1cccc(C(=O)N2CCN=C2Cc2ccccc2)c1)N1CCN=C1Cc1ccccc1. The fourth-order valence-corrected chi connectivity index (χ4v) is 4.38. The van der Waals surface area contributed by atoms with E-state index < -0.39 is 0 Å². The minimum atomic E-state index is -0.124. The monoisotopic (exact) mass is 450 g/mol. The van der Waals surface area contributed by atoms with E-state index >= 15 is 0 Å². The minimum absolute atomic E-state index is 0.124. The van der Waals surface area contributed by atoms with Gasteiger partial charge in [-0.1, -0.05) is 66.7 Å². The Kier molecular flexibility index (Phi) is 6.29. The predicted molar refractivity (Wildman–Crippen MR) is 133 cm³/mol. The smallest absolute Gasteiger partial charge is 0.259 e. The highest BCUT2D eigenvalue weighted by molar-refractivity contribution is 6.11. The summed E-state index contributed by atoms with van der Waals surface area (Å²) in [6.07, 6.45) is 1.22. The number of hydrogen-bond donors (Lipinski definition) is 0. The van der Waals surface area contributed by atoms with Crippen LogP contribution in [0.1, 0.15) is 31.8 Å². The summed E-state index contributed by atoms with van der Waals surface area (Å²) in [5.41, 5.74) is 3.22. The van der Waals surface area contributed by atoms with Gasteiger partial charge < -0.3 is 0 Å². The Balaban J connectivity index is 1.31. The maximum atomic E-state index is 13.3. The second kappa shape index (κ2) is 9.83. The van der Waals surface area contributed by atoms with Crippen molar-refractivity contribution in [3.8, 4) is 0 Å². The molecule has 34 heavy (non-hydrogen) atoms. The molecule has 0 spiro atoms. The van der Waals surface area contributed by atoms with Gasteiger partial charge in [-0.3, -0.25) is 29.4 Å². The molecule has 0 N–H and O–H groups in total. The first-order valence-corrected chi connectivity index (χ1v) is 11.6. The van der Waals surface area contributed by atoms with Crippen molar-refractivity contribution in [3.05, 3.63) is 107 Å². The number of aliphatic imine (C=N–C) groups is 2. The number of benzene rings is 3. The third-order valence-corrected chi connectivity index (χ3v) is 6.12. The summed E-state index contributed by atoms with van der Waals surface area (Å²) in [7, 11) is 0. The van der Waals surface area contributed by atoms with Crippen molar-refractivity contribution in [1.82, 2.24) is 9.80 Å². The molecule has 3 aromatic rings. The molecule has 0 atom stereocenters. The molecular weight excluding hydrogens is 424 g/mol. The van der Waals surface area contributed by atoms with Gasteiger partial charge in [0, 0.05) is 37.1 Å². The predicted octanol–water partition coefficient (Wildman–Crippen LogP) is 3.88. The average molecular weight is 451 g/mol. The van der Waals surface area contributed by atoms with Gasteiger partial charge in [-0.2, -0.15) is 0 Å². The lowest BCUT2D eigenvalue weighted by Crippen LogP contribution is -2.37. The van der Waals surface area contributed by atoms with Crippen LogP contribution < -0.4 is 0 Å². The van der Waals surface area contributed by atoms with Gasteiger partial charge in [0.05, 0.1) is 13.1 Å². The molecule has 0 radical (unpaired) electrons. The Hall–Kier alpha value is -4.06. The van der Waals surface area contributed by atoms with E-state index in [-0.39, 0.29) is 11.8 Å².